The van der Waals surface area contributed by atoms with Crippen LogP contribution in [0.25, 0.3) is 21.2 Å². The fraction of sp³-hybridized carbons (Fsp3) is 0. The molecule has 2 aromatic carbocycles. The number of hydrogen-bond acceptors (Lipinski definition) is 3. The van der Waals surface area contributed by atoms with E-state index in [0.29, 0.717) is 5.69 Å². The molecule has 2 nitrogen and oxygen atoms in total. The van der Waals surface area contributed by atoms with Crippen molar-refractivity contribution in [3.8, 4) is 16.9 Å². The molecule has 0 radical (unpaired) electrons. The Morgan fingerprint density at radius 2 is 1.78 bits per heavy atom. The van der Waals surface area contributed by atoms with Gasteiger partial charge in [-0.1, -0.05) is 24.3 Å². The monoisotopic (exact) mass is 277 g/mol. The molecule has 18 heavy (non-hydrogen) atoms. The average molecular weight is 278 g/mol. The summed E-state index contributed by atoms with van der Waals surface area (Å²) in [5.41, 5.74) is 8.28. The van der Waals surface area contributed by atoms with Crippen molar-refractivity contribution in [2.75, 3.05) is 5.73 Å². The minimum Gasteiger partial charge on any atom is -0.507 e. The minimum atomic E-state index is 0. The molecule has 3 N–H and O–H groups in total. The first-order valence-corrected chi connectivity index (χ1v) is 6.19. The van der Waals surface area contributed by atoms with Gasteiger partial charge in [0.15, 0.2) is 0 Å². The van der Waals surface area contributed by atoms with Gasteiger partial charge in [0.25, 0.3) is 0 Å². The molecule has 0 atom stereocenters. The molecule has 0 aliphatic carbocycles. The Labute approximate surface area is 115 Å². The SMILES string of the molecule is Cl.Nc1cccc(O)c1-c1csc2ccccc12. The van der Waals surface area contributed by atoms with Crippen LogP contribution in [-0.2, 0) is 0 Å². The van der Waals surface area contributed by atoms with Gasteiger partial charge in [-0.3, -0.25) is 0 Å². The van der Waals surface area contributed by atoms with Crippen molar-refractivity contribution in [1.29, 1.82) is 0 Å². The van der Waals surface area contributed by atoms with Crippen molar-refractivity contribution < 1.29 is 5.11 Å². The topological polar surface area (TPSA) is 46.2 Å². The lowest BCUT2D eigenvalue weighted by Gasteiger charge is -2.06. The lowest BCUT2D eigenvalue weighted by Crippen LogP contribution is -1.89. The second kappa shape index (κ2) is 4.88. The van der Waals surface area contributed by atoms with Crippen LogP contribution in [0.2, 0.25) is 0 Å². The number of nitrogen functional groups attached to an aromatic ring is 1. The number of halogens is 1. The van der Waals surface area contributed by atoms with Crippen LogP contribution in [-0.4, -0.2) is 5.11 Å². The lowest BCUT2D eigenvalue weighted by atomic mass is 10.0. The molecule has 1 aromatic heterocycles. The molecule has 3 aromatic rings. The molecule has 0 amide bonds. The standard InChI is InChI=1S/C14H11NOS.ClH/c15-11-5-3-6-12(16)14(11)10-8-17-13-7-2-1-4-9(10)13;/h1-8,16H,15H2;1H. The molecule has 0 saturated carbocycles. The number of thiophene rings is 1. The molecule has 0 fully saturated rings. The van der Waals surface area contributed by atoms with E-state index in [-0.39, 0.29) is 18.2 Å². The Morgan fingerprint density at radius 3 is 2.56 bits per heavy atom. The van der Waals surface area contributed by atoms with Crippen molar-refractivity contribution in [1.82, 2.24) is 0 Å². The largest absolute Gasteiger partial charge is 0.507 e. The Morgan fingerprint density at radius 1 is 1.00 bits per heavy atom. The summed E-state index contributed by atoms with van der Waals surface area (Å²) in [5.74, 6) is 0.230. The lowest BCUT2D eigenvalue weighted by molar-refractivity contribution is 0.477. The Kier molecular flexibility index (Phi) is 3.45. The van der Waals surface area contributed by atoms with Gasteiger partial charge in [0, 0.05) is 32.3 Å². The van der Waals surface area contributed by atoms with Crippen LogP contribution in [0.1, 0.15) is 0 Å². The summed E-state index contributed by atoms with van der Waals surface area (Å²) >= 11 is 1.66. The van der Waals surface area contributed by atoms with Gasteiger partial charge in [-0.15, -0.1) is 23.7 Å². The van der Waals surface area contributed by atoms with Gasteiger partial charge >= 0.3 is 0 Å². The number of phenolic OH excluding ortho intramolecular Hbond substituents is 1. The van der Waals surface area contributed by atoms with Crippen LogP contribution in [0.15, 0.2) is 47.8 Å². The molecule has 1 heterocycles. The quantitative estimate of drug-likeness (QED) is 0.652. The number of anilines is 1. The highest BCUT2D eigenvalue weighted by molar-refractivity contribution is 7.17. The number of nitrogens with two attached hydrogens (primary N) is 1. The smallest absolute Gasteiger partial charge is 0.125 e. The molecular weight excluding hydrogens is 266 g/mol. The maximum absolute atomic E-state index is 9.95. The van der Waals surface area contributed by atoms with Crippen LogP contribution >= 0.6 is 23.7 Å². The normalized spacial score (nSPS) is 10.2. The predicted molar refractivity (Wildman–Crippen MR) is 80.6 cm³/mol. The maximum atomic E-state index is 9.95. The van der Waals surface area contributed by atoms with Crippen molar-refractivity contribution in [3.05, 3.63) is 47.8 Å². The summed E-state index contributed by atoms with van der Waals surface area (Å²) in [6, 6.07) is 13.3. The number of phenols is 1. The molecular formula is C14H12ClNOS. The number of benzene rings is 2. The third kappa shape index (κ3) is 1.92. The third-order valence-electron chi connectivity index (χ3n) is 2.83. The summed E-state index contributed by atoms with van der Waals surface area (Å²) in [6.45, 7) is 0. The second-order valence-corrected chi connectivity index (χ2v) is 4.80. The number of aromatic hydroxyl groups is 1. The highest BCUT2D eigenvalue weighted by Crippen LogP contribution is 2.41. The van der Waals surface area contributed by atoms with Crippen LogP contribution in [0.4, 0.5) is 5.69 Å². The predicted octanol–water partition coefficient (Wildman–Crippen LogP) is 4.28. The van der Waals surface area contributed by atoms with E-state index in [1.165, 1.54) is 4.70 Å². The fourth-order valence-corrected chi connectivity index (χ4v) is 2.97. The summed E-state index contributed by atoms with van der Waals surface area (Å²) in [7, 11) is 0. The zero-order valence-corrected chi connectivity index (χ0v) is 11.1. The molecule has 0 saturated heterocycles. The van der Waals surface area contributed by atoms with E-state index in [1.807, 2.05) is 29.6 Å². The van der Waals surface area contributed by atoms with E-state index in [9.17, 15) is 5.11 Å². The number of rotatable bonds is 1. The second-order valence-electron chi connectivity index (χ2n) is 3.89. The van der Waals surface area contributed by atoms with E-state index < -0.39 is 0 Å². The summed E-state index contributed by atoms with van der Waals surface area (Å²) in [6.07, 6.45) is 0. The fourth-order valence-electron chi connectivity index (χ4n) is 2.02. The zero-order valence-electron chi connectivity index (χ0n) is 9.46. The van der Waals surface area contributed by atoms with Gasteiger partial charge in [0.05, 0.1) is 0 Å². The molecule has 92 valence electrons. The first-order valence-electron chi connectivity index (χ1n) is 5.31. The van der Waals surface area contributed by atoms with E-state index in [2.05, 4.69) is 6.07 Å². The van der Waals surface area contributed by atoms with E-state index >= 15 is 0 Å². The molecule has 4 heteroatoms. The molecule has 0 unspecified atom stereocenters. The number of fused-ring (bicyclic) bond motifs is 1. The van der Waals surface area contributed by atoms with Gasteiger partial charge < -0.3 is 10.8 Å². The molecule has 3 rings (SSSR count). The van der Waals surface area contributed by atoms with Gasteiger partial charge in [-0.05, 0) is 18.2 Å². The number of hydrogen-bond donors (Lipinski definition) is 2. The van der Waals surface area contributed by atoms with Gasteiger partial charge in [0.1, 0.15) is 5.75 Å². The molecule has 0 aliphatic heterocycles. The Hall–Kier alpha value is -1.71. The van der Waals surface area contributed by atoms with E-state index in [0.717, 1.165) is 16.5 Å². The minimum absolute atomic E-state index is 0. The summed E-state index contributed by atoms with van der Waals surface area (Å²) in [4.78, 5) is 0. The highest BCUT2D eigenvalue weighted by Gasteiger charge is 2.12. The molecule has 0 aliphatic rings. The van der Waals surface area contributed by atoms with Crippen molar-refractivity contribution >= 4 is 39.5 Å². The Balaban J connectivity index is 0.00000120. The summed E-state index contributed by atoms with van der Waals surface area (Å²) in [5, 5.41) is 13.1. The zero-order chi connectivity index (χ0) is 11.8. The van der Waals surface area contributed by atoms with E-state index in [1.54, 1.807) is 23.5 Å². The van der Waals surface area contributed by atoms with Crippen LogP contribution in [0.3, 0.4) is 0 Å². The maximum Gasteiger partial charge on any atom is 0.125 e. The van der Waals surface area contributed by atoms with Gasteiger partial charge in [-0.2, -0.15) is 0 Å². The van der Waals surface area contributed by atoms with Gasteiger partial charge in [0.2, 0.25) is 0 Å². The van der Waals surface area contributed by atoms with Crippen LogP contribution in [0.5, 0.6) is 5.75 Å². The Bertz CT molecular complexity index is 673. The van der Waals surface area contributed by atoms with E-state index in [4.69, 9.17) is 5.73 Å². The van der Waals surface area contributed by atoms with Crippen molar-refractivity contribution in [2.24, 2.45) is 0 Å². The van der Waals surface area contributed by atoms with Crippen molar-refractivity contribution in [3.63, 3.8) is 0 Å². The first-order chi connectivity index (χ1) is 8.27. The molecule has 0 spiro atoms. The first kappa shape index (κ1) is 12.7. The highest BCUT2D eigenvalue weighted by atomic mass is 35.5. The van der Waals surface area contributed by atoms with Crippen LogP contribution in [0, 0.1) is 0 Å². The van der Waals surface area contributed by atoms with Crippen LogP contribution < -0.4 is 5.73 Å². The average Bonchev–Trinajstić information content (AvgIpc) is 2.73. The van der Waals surface area contributed by atoms with Crippen molar-refractivity contribution in [2.45, 2.75) is 0 Å². The van der Waals surface area contributed by atoms with Gasteiger partial charge in [-0.25, -0.2) is 0 Å². The molecule has 0 bridgehead atoms. The summed E-state index contributed by atoms with van der Waals surface area (Å²) < 4.78 is 1.20. The third-order valence-corrected chi connectivity index (χ3v) is 3.79.